The molecule has 0 atom stereocenters. The molecule has 4 aliphatic rings. The van der Waals surface area contributed by atoms with E-state index in [0.717, 1.165) is 43.6 Å². The quantitative estimate of drug-likeness (QED) is 0.759. The smallest absolute Gasteiger partial charge is 0.226 e. The Labute approximate surface area is 140 Å². The Balaban J connectivity index is 1.51. The maximum atomic E-state index is 13.9. The molecule has 0 heterocycles. The van der Waals surface area contributed by atoms with Crippen molar-refractivity contribution in [2.75, 3.05) is 7.05 Å². The zero-order valence-corrected chi connectivity index (χ0v) is 13.8. The minimum Gasteiger partial charge on any atom is -0.341 e. The maximum absolute atomic E-state index is 13.9. The van der Waals surface area contributed by atoms with Crippen molar-refractivity contribution < 1.29 is 18.0 Å². The van der Waals surface area contributed by atoms with Crippen molar-refractivity contribution in [3.8, 4) is 0 Å². The monoisotopic (exact) mass is 337 g/mol. The van der Waals surface area contributed by atoms with Crippen molar-refractivity contribution in [2.45, 2.75) is 38.6 Å². The maximum Gasteiger partial charge on any atom is 0.226 e. The Morgan fingerprint density at radius 2 is 1.62 bits per heavy atom. The van der Waals surface area contributed by atoms with Gasteiger partial charge in [0.15, 0.2) is 11.6 Å². The summed E-state index contributed by atoms with van der Waals surface area (Å²) in [5.74, 6) is -0.665. The van der Waals surface area contributed by atoms with Gasteiger partial charge in [-0.2, -0.15) is 0 Å². The lowest BCUT2D eigenvalue weighted by atomic mass is 9.51. The second-order valence-electron chi connectivity index (χ2n) is 8.01. The van der Waals surface area contributed by atoms with Crippen LogP contribution in [-0.4, -0.2) is 17.9 Å². The highest BCUT2D eigenvalue weighted by atomic mass is 19.2. The van der Waals surface area contributed by atoms with E-state index in [1.807, 2.05) is 0 Å². The highest BCUT2D eigenvalue weighted by molar-refractivity contribution is 5.79. The van der Waals surface area contributed by atoms with Crippen molar-refractivity contribution in [3.63, 3.8) is 0 Å². The van der Waals surface area contributed by atoms with Crippen LogP contribution in [0.25, 0.3) is 0 Å². The predicted molar refractivity (Wildman–Crippen MR) is 83.3 cm³/mol. The molecule has 0 N–H and O–H groups in total. The molecule has 4 aliphatic carbocycles. The van der Waals surface area contributed by atoms with Gasteiger partial charge in [-0.15, -0.1) is 0 Å². The summed E-state index contributed by atoms with van der Waals surface area (Å²) >= 11 is 0. The fraction of sp³-hybridized carbons (Fsp3) is 0.632. The molecular weight excluding hydrogens is 315 g/mol. The van der Waals surface area contributed by atoms with E-state index in [9.17, 15) is 18.0 Å². The number of halogens is 3. The van der Waals surface area contributed by atoms with Crippen molar-refractivity contribution in [2.24, 2.45) is 29.6 Å². The third-order valence-corrected chi connectivity index (χ3v) is 6.36. The van der Waals surface area contributed by atoms with Crippen LogP contribution in [0.3, 0.4) is 0 Å². The van der Waals surface area contributed by atoms with Crippen LogP contribution in [0.15, 0.2) is 12.1 Å². The number of rotatable bonds is 3. The Kier molecular flexibility index (Phi) is 3.85. The van der Waals surface area contributed by atoms with Crippen LogP contribution in [0.1, 0.15) is 37.7 Å². The third kappa shape index (κ3) is 2.62. The Morgan fingerprint density at radius 3 is 2.21 bits per heavy atom. The summed E-state index contributed by atoms with van der Waals surface area (Å²) in [6.45, 7) is -0.0951. The van der Waals surface area contributed by atoms with Crippen molar-refractivity contribution in [3.05, 3.63) is 35.1 Å². The van der Waals surface area contributed by atoms with Gasteiger partial charge in [-0.05, 0) is 61.8 Å². The van der Waals surface area contributed by atoms with Crippen LogP contribution in [0.2, 0.25) is 0 Å². The average molecular weight is 337 g/mol. The summed E-state index contributed by atoms with van der Waals surface area (Å²) in [6, 6.07) is 1.50. The second-order valence-corrected chi connectivity index (χ2v) is 8.01. The molecule has 1 amide bonds. The largest absolute Gasteiger partial charge is 0.341 e. The first-order chi connectivity index (χ1) is 11.4. The molecule has 24 heavy (non-hydrogen) atoms. The first kappa shape index (κ1) is 16.0. The molecule has 130 valence electrons. The van der Waals surface area contributed by atoms with Crippen LogP contribution in [0.4, 0.5) is 13.2 Å². The highest BCUT2D eigenvalue weighted by Crippen LogP contribution is 2.56. The van der Waals surface area contributed by atoms with E-state index in [0.29, 0.717) is 17.9 Å². The number of carbonyl (C=O) groups is 1. The molecule has 5 heteroatoms. The summed E-state index contributed by atoms with van der Waals surface area (Å²) in [6.07, 6.45) is 5.82. The molecule has 0 radical (unpaired) electrons. The Hall–Kier alpha value is -1.52. The van der Waals surface area contributed by atoms with E-state index in [1.54, 1.807) is 7.05 Å². The average Bonchev–Trinajstić information content (AvgIpc) is 2.50. The van der Waals surface area contributed by atoms with Crippen molar-refractivity contribution in [1.29, 1.82) is 0 Å². The Bertz CT molecular complexity index is 647. The number of nitrogens with zero attached hydrogens (tertiary/aromatic N) is 1. The summed E-state index contributed by atoms with van der Waals surface area (Å²) < 4.78 is 40.6. The lowest BCUT2D eigenvalue weighted by Gasteiger charge is -2.54. The second kappa shape index (κ2) is 5.78. The number of hydrogen-bond donors (Lipinski definition) is 0. The Morgan fingerprint density at radius 1 is 1.04 bits per heavy atom. The summed E-state index contributed by atoms with van der Waals surface area (Å²) in [4.78, 5) is 14.4. The van der Waals surface area contributed by atoms with Gasteiger partial charge in [-0.1, -0.05) is 0 Å². The molecule has 0 saturated heterocycles. The fourth-order valence-corrected chi connectivity index (χ4v) is 5.64. The first-order valence-corrected chi connectivity index (χ1v) is 8.80. The zero-order chi connectivity index (χ0) is 17.0. The number of benzene rings is 1. The lowest BCUT2D eigenvalue weighted by Crippen LogP contribution is -2.51. The minimum absolute atomic E-state index is 0.00395. The molecule has 4 saturated carbocycles. The fourth-order valence-electron chi connectivity index (χ4n) is 5.64. The topological polar surface area (TPSA) is 20.3 Å². The van der Waals surface area contributed by atoms with Crippen molar-refractivity contribution >= 4 is 5.91 Å². The first-order valence-electron chi connectivity index (χ1n) is 8.80. The van der Waals surface area contributed by atoms with E-state index >= 15 is 0 Å². The van der Waals surface area contributed by atoms with Crippen LogP contribution in [-0.2, 0) is 11.3 Å². The molecule has 5 rings (SSSR count). The molecule has 4 bridgehead atoms. The van der Waals surface area contributed by atoms with E-state index in [-0.39, 0.29) is 23.9 Å². The molecule has 1 aromatic carbocycles. The molecule has 0 spiro atoms. The highest BCUT2D eigenvalue weighted by Gasteiger charge is 2.51. The summed E-state index contributed by atoms with van der Waals surface area (Å²) in [5.41, 5.74) is -0.104. The zero-order valence-electron chi connectivity index (χ0n) is 13.8. The molecular formula is C19H22F3NO. The van der Waals surface area contributed by atoms with Gasteiger partial charge in [0, 0.05) is 31.1 Å². The van der Waals surface area contributed by atoms with Gasteiger partial charge in [-0.3, -0.25) is 4.79 Å². The number of amides is 1. The molecule has 2 nitrogen and oxygen atoms in total. The van der Waals surface area contributed by atoms with Crippen LogP contribution in [0, 0.1) is 47.0 Å². The van der Waals surface area contributed by atoms with E-state index in [2.05, 4.69) is 0 Å². The molecule has 0 aromatic heterocycles. The molecule has 0 unspecified atom stereocenters. The normalized spacial score (nSPS) is 33.8. The van der Waals surface area contributed by atoms with Gasteiger partial charge in [0.2, 0.25) is 5.91 Å². The van der Waals surface area contributed by atoms with Gasteiger partial charge < -0.3 is 4.90 Å². The van der Waals surface area contributed by atoms with Crippen LogP contribution in [0.5, 0.6) is 0 Å². The lowest BCUT2D eigenvalue weighted by molar-refractivity contribution is -0.148. The van der Waals surface area contributed by atoms with Gasteiger partial charge in [0.1, 0.15) is 5.82 Å². The van der Waals surface area contributed by atoms with E-state index < -0.39 is 17.5 Å². The van der Waals surface area contributed by atoms with Gasteiger partial charge in [0.25, 0.3) is 0 Å². The summed E-state index contributed by atoms with van der Waals surface area (Å²) in [7, 11) is 1.61. The van der Waals surface area contributed by atoms with Gasteiger partial charge >= 0.3 is 0 Å². The number of carbonyl (C=O) groups excluding carboxylic acids is 1. The molecule has 1 aromatic rings. The van der Waals surface area contributed by atoms with E-state index in [1.165, 1.54) is 11.3 Å². The SMILES string of the molecule is CN(Cc1cc(F)cc(F)c1F)C(=O)C1C2CC3CC(C2)CC1C3. The van der Waals surface area contributed by atoms with Crippen LogP contribution < -0.4 is 0 Å². The van der Waals surface area contributed by atoms with E-state index in [4.69, 9.17) is 0 Å². The van der Waals surface area contributed by atoms with Gasteiger partial charge in [-0.25, -0.2) is 13.2 Å². The van der Waals surface area contributed by atoms with Crippen molar-refractivity contribution in [1.82, 2.24) is 4.90 Å². The minimum atomic E-state index is -1.21. The predicted octanol–water partition coefficient (Wildman–Crippen LogP) is 4.13. The third-order valence-electron chi connectivity index (χ3n) is 6.36. The molecule has 4 fully saturated rings. The van der Waals surface area contributed by atoms with Gasteiger partial charge in [0.05, 0.1) is 0 Å². The molecule has 0 aliphatic heterocycles. The number of hydrogen-bond acceptors (Lipinski definition) is 1. The summed E-state index contributed by atoms with van der Waals surface area (Å²) in [5, 5.41) is 0. The standard InChI is InChI=1S/C19H22F3NO/c1-23(9-14-7-15(20)8-16(21)18(14)22)19(24)17-12-3-10-2-11(5-12)6-13(17)4-10/h7-8,10-13,17H,2-6,9H2,1H3. The van der Waals surface area contributed by atoms with Crippen LogP contribution >= 0.6 is 0 Å².